The first kappa shape index (κ1) is 22.6. The number of phenolic OH excluding ortho intramolecular Hbond substituents is 3. The molecule has 1 aliphatic rings. The number of thiazole rings is 1. The van der Waals surface area contributed by atoms with E-state index in [-0.39, 0.29) is 11.5 Å². The van der Waals surface area contributed by atoms with Gasteiger partial charge >= 0.3 is 0 Å². The molecule has 0 radical (unpaired) electrons. The Kier molecular flexibility index (Phi) is 7.06. The second kappa shape index (κ2) is 10.3. The summed E-state index contributed by atoms with van der Waals surface area (Å²) in [6.07, 6.45) is 3.79. The van der Waals surface area contributed by atoms with Crippen LogP contribution in [-0.4, -0.2) is 63.5 Å². The molecule has 4 rings (SSSR count). The Morgan fingerprint density at radius 1 is 1.09 bits per heavy atom. The van der Waals surface area contributed by atoms with Crippen LogP contribution in [0.4, 0.5) is 5.13 Å². The average Bonchev–Trinajstić information content (AvgIpc) is 3.52. The highest BCUT2D eigenvalue weighted by molar-refractivity contribution is 7.14. The van der Waals surface area contributed by atoms with E-state index < -0.39 is 17.2 Å². The molecule has 0 bridgehead atoms. The Morgan fingerprint density at radius 3 is 2.61 bits per heavy atom. The first-order valence-corrected chi connectivity index (χ1v) is 11.5. The van der Waals surface area contributed by atoms with Gasteiger partial charge in [-0.1, -0.05) is 12.1 Å². The molecule has 33 heavy (non-hydrogen) atoms. The van der Waals surface area contributed by atoms with Gasteiger partial charge in [0.1, 0.15) is 0 Å². The van der Waals surface area contributed by atoms with Gasteiger partial charge in [0, 0.05) is 35.2 Å². The number of amides is 1. The van der Waals surface area contributed by atoms with Crippen molar-refractivity contribution in [3.8, 4) is 28.5 Å². The highest BCUT2D eigenvalue weighted by Gasteiger charge is 2.12. The Balaban J connectivity index is 1.31. The molecule has 0 unspecified atom stereocenters. The maximum absolute atomic E-state index is 12.4. The van der Waals surface area contributed by atoms with E-state index in [1.165, 1.54) is 42.5 Å². The highest BCUT2D eigenvalue weighted by Crippen LogP contribution is 2.36. The zero-order valence-corrected chi connectivity index (χ0v) is 18.7. The molecule has 1 fully saturated rings. The van der Waals surface area contributed by atoms with Crippen LogP contribution in [0.3, 0.4) is 0 Å². The van der Waals surface area contributed by atoms with E-state index in [1.54, 1.807) is 12.1 Å². The molecular weight excluding hydrogens is 442 g/mol. The summed E-state index contributed by atoms with van der Waals surface area (Å²) < 4.78 is 0. The number of phenols is 3. The van der Waals surface area contributed by atoms with Crippen molar-refractivity contribution in [1.29, 1.82) is 0 Å². The van der Waals surface area contributed by atoms with Crippen LogP contribution in [-0.2, 0) is 0 Å². The number of likely N-dealkylation sites (tertiary alicyclic amines) is 1. The van der Waals surface area contributed by atoms with E-state index in [2.05, 4.69) is 25.7 Å². The molecule has 0 aliphatic carbocycles. The van der Waals surface area contributed by atoms with Crippen LogP contribution in [0.5, 0.6) is 17.2 Å². The second-order valence-electron chi connectivity index (χ2n) is 7.66. The van der Waals surface area contributed by atoms with E-state index >= 15 is 0 Å². The standard InChI is InChI=1S/C23H25N5O4S/c29-19-8-7-17(20(30)21(19)31)13-25-27-23-26-18(14-33-23)15-3-5-16(6-4-15)22(32)24-9-12-28-10-1-2-11-28/h3-8,13-14,29-31H,1-2,9-12H2,(H,24,32)(H,26,27)/b25-13+. The largest absolute Gasteiger partial charge is 0.504 e. The molecule has 3 aromatic rings. The molecule has 2 heterocycles. The molecule has 0 saturated carbocycles. The van der Waals surface area contributed by atoms with Crippen molar-refractivity contribution in [2.75, 3.05) is 31.6 Å². The first-order valence-electron chi connectivity index (χ1n) is 10.6. The third-order valence-corrected chi connectivity index (χ3v) is 6.13. The number of carbonyl (C=O) groups excluding carboxylic acids is 1. The molecule has 1 amide bonds. The van der Waals surface area contributed by atoms with Crippen molar-refractivity contribution in [3.63, 3.8) is 0 Å². The lowest BCUT2D eigenvalue weighted by molar-refractivity contribution is 0.0949. The zero-order chi connectivity index (χ0) is 23.2. The zero-order valence-electron chi connectivity index (χ0n) is 17.9. The number of anilines is 1. The molecule has 1 saturated heterocycles. The minimum absolute atomic E-state index is 0.0840. The molecular formula is C23H25N5O4S. The number of benzene rings is 2. The summed E-state index contributed by atoms with van der Waals surface area (Å²) in [4.78, 5) is 19.2. The third kappa shape index (κ3) is 5.60. The number of rotatable bonds is 8. The van der Waals surface area contributed by atoms with Crippen molar-refractivity contribution < 1.29 is 20.1 Å². The van der Waals surface area contributed by atoms with Crippen molar-refractivity contribution in [2.24, 2.45) is 5.10 Å². The first-order chi connectivity index (χ1) is 16.0. The lowest BCUT2D eigenvalue weighted by Crippen LogP contribution is -2.33. The molecule has 0 atom stereocenters. The minimum atomic E-state index is -0.598. The van der Waals surface area contributed by atoms with E-state index in [0.717, 1.165) is 30.9 Å². The number of nitrogens with zero attached hydrogens (tertiary/aromatic N) is 3. The van der Waals surface area contributed by atoms with Crippen LogP contribution in [0.25, 0.3) is 11.3 Å². The smallest absolute Gasteiger partial charge is 0.251 e. The van der Waals surface area contributed by atoms with Crippen molar-refractivity contribution >= 4 is 28.6 Å². The SMILES string of the molecule is O=C(NCCN1CCCC1)c1ccc(-c2csc(N/N=C/c3ccc(O)c(O)c3O)n2)cc1. The Morgan fingerprint density at radius 2 is 1.85 bits per heavy atom. The van der Waals surface area contributed by atoms with Crippen LogP contribution in [0.15, 0.2) is 46.9 Å². The predicted molar refractivity (Wildman–Crippen MR) is 128 cm³/mol. The lowest BCUT2D eigenvalue weighted by Gasteiger charge is -2.14. The fourth-order valence-electron chi connectivity index (χ4n) is 3.53. The van der Waals surface area contributed by atoms with Gasteiger partial charge in [-0.25, -0.2) is 4.98 Å². The van der Waals surface area contributed by atoms with Gasteiger partial charge in [0.25, 0.3) is 5.91 Å². The fourth-order valence-corrected chi connectivity index (χ4v) is 4.20. The van der Waals surface area contributed by atoms with Crippen LogP contribution < -0.4 is 10.7 Å². The number of hydrogen-bond donors (Lipinski definition) is 5. The van der Waals surface area contributed by atoms with Crippen LogP contribution in [0.2, 0.25) is 0 Å². The molecule has 10 heteroatoms. The topological polar surface area (TPSA) is 130 Å². The maximum atomic E-state index is 12.4. The molecule has 5 N–H and O–H groups in total. The monoisotopic (exact) mass is 467 g/mol. The van der Waals surface area contributed by atoms with Gasteiger partial charge in [-0.15, -0.1) is 11.3 Å². The Labute approximate surface area is 195 Å². The number of hydrogen-bond acceptors (Lipinski definition) is 9. The van der Waals surface area contributed by atoms with Gasteiger partial charge in [-0.3, -0.25) is 10.2 Å². The number of carbonyl (C=O) groups is 1. The Bertz CT molecular complexity index is 1140. The summed E-state index contributed by atoms with van der Waals surface area (Å²) in [6.45, 7) is 3.75. The quantitative estimate of drug-likeness (QED) is 0.195. The molecule has 172 valence electrons. The van der Waals surface area contributed by atoms with Crippen LogP contribution in [0.1, 0.15) is 28.8 Å². The molecule has 1 aliphatic heterocycles. The average molecular weight is 468 g/mol. The Hall–Kier alpha value is -3.63. The molecule has 1 aromatic heterocycles. The highest BCUT2D eigenvalue weighted by atomic mass is 32.1. The van der Waals surface area contributed by atoms with Gasteiger partial charge < -0.3 is 25.5 Å². The van der Waals surface area contributed by atoms with E-state index in [1.807, 2.05) is 17.5 Å². The van der Waals surface area contributed by atoms with Gasteiger partial charge in [0.05, 0.1) is 11.9 Å². The predicted octanol–water partition coefficient (Wildman–Crippen LogP) is 3.20. The van der Waals surface area contributed by atoms with Crippen molar-refractivity contribution in [2.45, 2.75) is 12.8 Å². The van der Waals surface area contributed by atoms with E-state index in [0.29, 0.717) is 17.2 Å². The summed E-state index contributed by atoms with van der Waals surface area (Å²) in [5.74, 6) is -1.55. The number of nitrogens with one attached hydrogen (secondary N) is 2. The van der Waals surface area contributed by atoms with Crippen LogP contribution >= 0.6 is 11.3 Å². The number of hydrazone groups is 1. The van der Waals surface area contributed by atoms with Gasteiger partial charge in [-0.05, 0) is 50.2 Å². The van der Waals surface area contributed by atoms with E-state index in [4.69, 9.17) is 0 Å². The van der Waals surface area contributed by atoms with Crippen molar-refractivity contribution in [3.05, 3.63) is 52.9 Å². The number of aromatic nitrogens is 1. The van der Waals surface area contributed by atoms with Crippen LogP contribution in [0, 0.1) is 0 Å². The fraction of sp³-hybridized carbons (Fsp3) is 0.261. The van der Waals surface area contributed by atoms with Gasteiger partial charge in [0.2, 0.25) is 10.9 Å². The molecule has 2 aromatic carbocycles. The van der Waals surface area contributed by atoms with Gasteiger partial charge in [-0.2, -0.15) is 5.10 Å². The number of aromatic hydroxyl groups is 3. The summed E-state index contributed by atoms with van der Waals surface area (Å²) in [5, 5.41) is 38.1. The third-order valence-electron chi connectivity index (χ3n) is 5.38. The summed E-state index contributed by atoms with van der Waals surface area (Å²) in [7, 11) is 0. The van der Waals surface area contributed by atoms with Crippen molar-refractivity contribution in [1.82, 2.24) is 15.2 Å². The second-order valence-corrected chi connectivity index (χ2v) is 8.52. The normalized spacial score (nSPS) is 14.1. The van der Waals surface area contributed by atoms with Gasteiger partial charge in [0.15, 0.2) is 11.5 Å². The summed E-state index contributed by atoms with van der Waals surface area (Å²) >= 11 is 1.35. The summed E-state index contributed by atoms with van der Waals surface area (Å²) in [5.41, 5.74) is 5.23. The lowest BCUT2D eigenvalue weighted by atomic mass is 10.1. The maximum Gasteiger partial charge on any atom is 0.251 e. The minimum Gasteiger partial charge on any atom is -0.504 e. The van der Waals surface area contributed by atoms with E-state index in [9.17, 15) is 20.1 Å². The summed E-state index contributed by atoms with van der Waals surface area (Å²) in [6, 6.07) is 9.96. The molecule has 9 nitrogen and oxygen atoms in total. The molecule has 0 spiro atoms.